The van der Waals surface area contributed by atoms with E-state index in [2.05, 4.69) is 44.2 Å². The SMILES string of the molecule is COc1ccc(C[C@H]2CCC[C@@]3(C)C2=CC[C@@H]2[C@@H]3CC[C@]3(C)C(=O)CC[C@@H]23)cc1. The van der Waals surface area contributed by atoms with Crippen LogP contribution in [0.4, 0.5) is 0 Å². The van der Waals surface area contributed by atoms with Gasteiger partial charge >= 0.3 is 0 Å². The molecule has 29 heavy (non-hydrogen) atoms. The second-order valence-electron chi connectivity index (χ2n) is 10.7. The summed E-state index contributed by atoms with van der Waals surface area (Å²) in [6.45, 7) is 4.87. The highest BCUT2D eigenvalue weighted by molar-refractivity contribution is 5.87. The lowest BCUT2D eigenvalue weighted by atomic mass is 9.47. The van der Waals surface area contributed by atoms with Crippen molar-refractivity contribution in [1.29, 1.82) is 0 Å². The highest BCUT2D eigenvalue weighted by atomic mass is 16.5. The Labute approximate surface area is 176 Å². The largest absolute Gasteiger partial charge is 0.497 e. The Morgan fingerprint density at radius 2 is 1.76 bits per heavy atom. The molecule has 2 heteroatoms. The third-order valence-corrected chi connectivity index (χ3v) is 9.56. The van der Waals surface area contributed by atoms with Crippen molar-refractivity contribution in [3.05, 3.63) is 41.5 Å². The summed E-state index contributed by atoms with van der Waals surface area (Å²) in [6.07, 6.45) is 13.4. The second-order valence-corrected chi connectivity index (χ2v) is 10.7. The van der Waals surface area contributed by atoms with Crippen LogP contribution in [0.1, 0.15) is 70.8 Å². The number of fused-ring (bicyclic) bond motifs is 5. The molecule has 3 fully saturated rings. The molecular weight excluding hydrogens is 356 g/mol. The van der Waals surface area contributed by atoms with Crippen LogP contribution in [0, 0.1) is 34.5 Å². The summed E-state index contributed by atoms with van der Waals surface area (Å²) in [5.74, 6) is 4.33. The molecule has 0 aromatic heterocycles. The number of ketones is 1. The summed E-state index contributed by atoms with van der Waals surface area (Å²) in [5.41, 5.74) is 3.53. The standard InChI is InChI=1S/C27H36O2/c1-26-15-4-5-19(17-18-6-8-20(29-3)9-7-18)22(26)11-10-21-23-12-13-25(28)27(23,2)16-14-24(21)26/h6-9,11,19,21,23-24H,4-5,10,12-17H2,1-3H3/t19-,21+,23+,24+,26+,27+/m1/s1. The smallest absolute Gasteiger partial charge is 0.139 e. The van der Waals surface area contributed by atoms with Crippen LogP contribution in [-0.2, 0) is 11.2 Å². The summed E-state index contributed by atoms with van der Waals surface area (Å²) in [6, 6.07) is 8.68. The van der Waals surface area contributed by atoms with Gasteiger partial charge in [-0.2, -0.15) is 0 Å². The number of hydrogen-bond acceptors (Lipinski definition) is 2. The van der Waals surface area contributed by atoms with E-state index < -0.39 is 0 Å². The molecule has 0 amide bonds. The quantitative estimate of drug-likeness (QED) is 0.557. The average Bonchev–Trinajstić information content (AvgIpc) is 3.03. The Morgan fingerprint density at radius 3 is 2.52 bits per heavy atom. The molecule has 156 valence electrons. The van der Waals surface area contributed by atoms with E-state index in [4.69, 9.17) is 4.74 Å². The van der Waals surface area contributed by atoms with E-state index >= 15 is 0 Å². The van der Waals surface area contributed by atoms with E-state index in [0.29, 0.717) is 23.0 Å². The monoisotopic (exact) mass is 392 g/mol. The van der Waals surface area contributed by atoms with Crippen LogP contribution in [0.3, 0.4) is 0 Å². The lowest BCUT2D eigenvalue weighted by Gasteiger charge is -2.57. The molecule has 4 aliphatic rings. The number of rotatable bonds is 3. The second kappa shape index (κ2) is 7.00. The fourth-order valence-electron chi connectivity index (χ4n) is 7.98. The average molecular weight is 393 g/mol. The van der Waals surface area contributed by atoms with Crippen LogP contribution in [0.2, 0.25) is 0 Å². The normalized spacial score (nSPS) is 41.2. The van der Waals surface area contributed by atoms with Crippen LogP contribution in [0.25, 0.3) is 0 Å². The zero-order valence-electron chi connectivity index (χ0n) is 18.4. The Hall–Kier alpha value is -1.57. The Morgan fingerprint density at radius 1 is 1.00 bits per heavy atom. The molecule has 0 spiro atoms. The van der Waals surface area contributed by atoms with Gasteiger partial charge < -0.3 is 4.74 Å². The molecule has 0 heterocycles. The van der Waals surface area contributed by atoms with E-state index in [0.717, 1.165) is 43.3 Å². The summed E-state index contributed by atoms with van der Waals surface area (Å²) in [5, 5.41) is 0. The number of allylic oxidation sites excluding steroid dienone is 2. The molecular formula is C27H36O2. The third kappa shape index (κ3) is 2.93. The van der Waals surface area contributed by atoms with Crippen molar-refractivity contribution in [2.45, 2.75) is 71.6 Å². The van der Waals surface area contributed by atoms with Gasteiger partial charge in [0, 0.05) is 11.8 Å². The predicted molar refractivity (Wildman–Crippen MR) is 117 cm³/mol. The summed E-state index contributed by atoms with van der Waals surface area (Å²) >= 11 is 0. The van der Waals surface area contributed by atoms with E-state index in [9.17, 15) is 4.79 Å². The molecule has 5 rings (SSSR count). The van der Waals surface area contributed by atoms with Crippen molar-refractivity contribution >= 4 is 5.78 Å². The number of carbonyl (C=O) groups is 1. The minimum atomic E-state index is -0.0139. The number of carbonyl (C=O) groups excluding carboxylic acids is 1. The van der Waals surface area contributed by atoms with Crippen LogP contribution in [0.5, 0.6) is 5.75 Å². The Kier molecular flexibility index (Phi) is 4.68. The molecule has 0 radical (unpaired) electrons. The van der Waals surface area contributed by atoms with Crippen molar-refractivity contribution in [2.24, 2.45) is 34.5 Å². The van der Waals surface area contributed by atoms with Crippen LogP contribution in [0.15, 0.2) is 35.9 Å². The molecule has 0 bridgehead atoms. The Bertz CT molecular complexity index is 821. The van der Waals surface area contributed by atoms with E-state index in [-0.39, 0.29) is 5.41 Å². The van der Waals surface area contributed by atoms with Gasteiger partial charge in [-0.15, -0.1) is 0 Å². The molecule has 2 nitrogen and oxygen atoms in total. The lowest BCUT2D eigenvalue weighted by Crippen LogP contribution is -2.50. The third-order valence-electron chi connectivity index (χ3n) is 9.56. The molecule has 0 aliphatic heterocycles. The zero-order chi connectivity index (χ0) is 20.2. The summed E-state index contributed by atoms with van der Waals surface area (Å²) in [7, 11) is 1.73. The molecule has 1 aromatic rings. The highest BCUT2D eigenvalue weighted by Gasteiger charge is 2.58. The minimum Gasteiger partial charge on any atom is -0.497 e. The van der Waals surface area contributed by atoms with Crippen molar-refractivity contribution in [3.8, 4) is 5.75 Å². The van der Waals surface area contributed by atoms with E-state index in [1.807, 2.05) is 0 Å². The molecule has 4 aliphatic carbocycles. The van der Waals surface area contributed by atoms with Gasteiger partial charge in [0.1, 0.15) is 11.5 Å². The topological polar surface area (TPSA) is 26.3 Å². The molecule has 1 aromatic carbocycles. The highest BCUT2D eigenvalue weighted by Crippen LogP contribution is 2.64. The van der Waals surface area contributed by atoms with Crippen molar-refractivity contribution in [2.75, 3.05) is 7.11 Å². The maximum atomic E-state index is 12.6. The van der Waals surface area contributed by atoms with Crippen molar-refractivity contribution < 1.29 is 9.53 Å². The first kappa shape index (κ1) is 19.4. The number of methoxy groups -OCH3 is 1. The molecule has 6 atom stereocenters. The van der Waals surface area contributed by atoms with Gasteiger partial charge in [0.15, 0.2) is 0 Å². The number of hydrogen-bond donors (Lipinski definition) is 0. The first-order valence-electron chi connectivity index (χ1n) is 11.8. The molecule has 3 saturated carbocycles. The van der Waals surface area contributed by atoms with Crippen LogP contribution in [-0.4, -0.2) is 12.9 Å². The van der Waals surface area contributed by atoms with Crippen molar-refractivity contribution in [3.63, 3.8) is 0 Å². The van der Waals surface area contributed by atoms with Gasteiger partial charge in [-0.3, -0.25) is 4.79 Å². The van der Waals surface area contributed by atoms with Gasteiger partial charge in [0.25, 0.3) is 0 Å². The summed E-state index contributed by atoms with van der Waals surface area (Å²) < 4.78 is 5.33. The fourth-order valence-corrected chi connectivity index (χ4v) is 7.98. The Balaban J connectivity index is 1.42. The minimum absolute atomic E-state index is 0.0139. The lowest BCUT2D eigenvalue weighted by molar-refractivity contribution is -0.131. The van der Waals surface area contributed by atoms with E-state index in [1.165, 1.54) is 37.7 Å². The fraction of sp³-hybridized carbons (Fsp3) is 0.667. The zero-order valence-corrected chi connectivity index (χ0v) is 18.4. The van der Waals surface area contributed by atoms with E-state index in [1.54, 1.807) is 12.7 Å². The maximum Gasteiger partial charge on any atom is 0.139 e. The van der Waals surface area contributed by atoms with Crippen LogP contribution >= 0.6 is 0 Å². The number of Topliss-reactive ketones (excluding diaryl/α,β-unsaturated/α-hetero) is 1. The molecule has 0 saturated heterocycles. The first-order valence-corrected chi connectivity index (χ1v) is 11.8. The maximum absolute atomic E-state index is 12.6. The van der Waals surface area contributed by atoms with Crippen molar-refractivity contribution in [1.82, 2.24) is 0 Å². The molecule has 0 unspecified atom stereocenters. The number of benzene rings is 1. The first-order chi connectivity index (χ1) is 14.0. The number of ether oxygens (including phenoxy) is 1. The van der Waals surface area contributed by atoms with Gasteiger partial charge in [-0.1, -0.05) is 44.1 Å². The predicted octanol–water partition coefficient (Wildman–Crippen LogP) is 6.39. The van der Waals surface area contributed by atoms with Gasteiger partial charge in [0.05, 0.1) is 7.11 Å². The van der Waals surface area contributed by atoms with Gasteiger partial charge in [-0.25, -0.2) is 0 Å². The summed E-state index contributed by atoms with van der Waals surface area (Å²) in [4.78, 5) is 12.6. The van der Waals surface area contributed by atoms with Gasteiger partial charge in [0.2, 0.25) is 0 Å². The van der Waals surface area contributed by atoms with Crippen LogP contribution < -0.4 is 4.74 Å². The van der Waals surface area contributed by atoms with Gasteiger partial charge in [-0.05, 0) is 91.7 Å². The molecule has 0 N–H and O–H groups in total.